The summed E-state index contributed by atoms with van der Waals surface area (Å²) in [6.07, 6.45) is 6.57. The Morgan fingerprint density at radius 3 is 2.72 bits per heavy atom. The molecule has 2 heterocycles. The van der Waals surface area contributed by atoms with Crippen LogP contribution in [0.25, 0.3) is 10.9 Å². The van der Waals surface area contributed by atoms with Crippen LogP contribution >= 0.6 is 0 Å². The topological polar surface area (TPSA) is 90.2 Å². The molecule has 6 nitrogen and oxygen atoms in total. The summed E-state index contributed by atoms with van der Waals surface area (Å²) in [5, 5.41) is 1.09. The number of esters is 1. The number of rotatable bonds is 8. The number of hydrogen-bond acceptors (Lipinski definition) is 5. The van der Waals surface area contributed by atoms with Gasteiger partial charge < -0.3 is 20.2 Å². The number of nitrogens with two attached hydrogens (primary N) is 1. The summed E-state index contributed by atoms with van der Waals surface area (Å²) in [6.45, 7) is 0. The van der Waals surface area contributed by atoms with Crippen molar-refractivity contribution in [2.24, 2.45) is 0 Å². The number of benzene rings is 2. The van der Waals surface area contributed by atoms with Crippen molar-refractivity contribution in [2.45, 2.75) is 25.2 Å². The van der Waals surface area contributed by atoms with E-state index in [1.807, 2.05) is 54.9 Å². The maximum atomic E-state index is 12.0. The Morgan fingerprint density at radius 1 is 1.09 bits per heavy atom. The summed E-state index contributed by atoms with van der Waals surface area (Å²) in [5.41, 5.74) is 11.6. The fraction of sp³-hybridized carbons (Fsp3) is 0.231. The second-order valence-corrected chi connectivity index (χ2v) is 7.76. The van der Waals surface area contributed by atoms with E-state index in [2.05, 4.69) is 9.97 Å². The molecule has 3 N–H and O–H groups in total. The predicted octanol–water partition coefficient (Wildman–Crippen LogP) is 5.10. The standard InChI is InChI=1S/C26H27N3O3/c1-31-25-14-17(26(30)32-2)9-11-21(25)20(8-5-7-19-6-3-4-13-28-19)23-16-29-24-12-10-18(27)15-22(23)24/h3-4,6,9-16,20,29H,5,7-8,27H2,1-2H3. The number of H-pyrrole nitrogens is 1. The molecule has 0 spiro atoms. The molecule has 2 aromatic carbocycles. The fourth-order valence-electron chi connectivity index (χ4n) is 4.20. The molecular formula is C26H27N3O3. The second-order valence-electron chi connectivity index (χ2n) is 7.76. The molecule has 164 valence electrons. The first-order chi connectivity index (χ1) is 15.6. The Morgan fingerprint density at radius 2 is 1.97 bits per heavy atom. The van der Waals surface area contributed by atoms with Crippen molar-refractivity contribution in [1.29, 1.82) is 0 Å². The molecule has 1 unspecified atom stereocenters. The van der Waals surface area contributed by atoms with Crippen molar-refractivity contribution >= 4 is 22.6 Å². The lowest BCUT2D eigenvalue weighted by atomic mass is 9.85. The largest absolute Gasteiger partial charge is 0.496 e. The number of fused-ring (bicyclic) bond motifs is 1. The number of anilines is 1. The number of ether oxygens (including phenoxy) is 2. The molecule has 32 heavy (non-hydrogen) atoms. The molecule has 1 atom stereocenters. The van der Waals surface area contributed by atoms with Crippen molar-refractivity contribution in [1.82, 2.24) is 9.97 Å². The van der Waals surface area contributed by atoms with Gasteiger partial charge in [-0.05, 0) is 67.3 Å². The SMILES string of the molecule is COC(=O)c1ccc(C(CCCc2ccccn2)c2c[nH]c3ccc(N)cc23)c(OC)c1. The van der Waals surface area contributed by atoms with Crippen LogP contribution in [-0.2, 0) is 11.2 Å². The monoisotopic (exact) mass is 429 g/mol. The minimum absolute atomic E-state index is 0.0518. The Labute approximate surface area is 187 Å². The summed E-state index contributed by atoms with van der Waals surface area (Å²) >= 11 is 0. The van der Waals surface area contributed by atoms with E-state index in [-0.39, 0.29) is 11.9 Å². The third kappa shape index (κ3) is 4.44. The van der Waals surface area contributed by atoms with E-state index in [1.54, 1.807) is 19.2 Å². The lowest BCUT2D eigenvalue weighted by Gasteiger charge is -2.21. The fourth-order valence-corrected chi connectivity index (χ4v) is 4.20. The van der Waals surface area contributed by atoms with Gasteiger partial charge in [-0.15, -0.1) is 0 Å². The molecule has 0 amide bonds. The zero-order chi connectivity index (χ0) is 22.5. The van der Waals surface area contributed by atoms with Gasteiger partial charge in [-0.1, -0.05) is 12.1 Å². The van der Waals surface area contributed by atoms with Crippen LogP contribution in [0.2, 0.25) is 0 Å². The summed E-state index contributed by atoms with van der Waals surface area (Å²) in [4.78, 5) is 19.8. The van der Waals surface area contributed by atoms with E-state index < -0.39 is 0 Å². The number of nitrogens with zero attached hydrogens (tertiary/aromatic N) is 1. The van der Waals surface area contributed by atoms with Crippen LogP contribution in [0.4, 0.5) is 5.69 Å². The minimum Gasteiger partial charge on any atom is -0.496 e. The predicted molar refractivity (Wildman–Crippen MR) is 126 cm³/mol. The first-order valence-electron chi connectivity index (χ1n) is 10.6. The Kier molecular flexibility index (Phi) is 6.40. The molecule has 0 aliphatic heterocycles. The van der Waals surface area contributed by atoms with Gasteiger partial charge in [0, 0.05) is 46.2 Å². The van der Waals surface area contributed by atoms with E-state index in [1.165, 1.54) is 7.11 Å². The Hall–Kier alpha value is -3.80. The number of aromatic amines is 1. The lowest BCUT2D eigenvalue weighted by Crippen LogP contribution is -2.07. The van der Waals surface area contributed by atoms with Crippen molar-refractivity contribution in [2.75, 3.05) is 20.0 Å². The van der Waals surface area contributed by atoms with E-state index in [9.17, 15) is 4.79 Å². The second kappa shape index (κ2) is 9.56. The Bertz CT molecular complexity index is 1220. The van der Waals surface area contributed by atoms with Crippen molar-refractivity contribution in [3.05, 3.63) is 89.4 Å². The van der Waals surface area contributed by atoms with Crippen molar-refractivity contribution in [3.63, 3.8) is 0 Å². The summed E-state index contributed by atoms with van der Waals surface area (Å²) < 4.78 is 10.6. The van der Waals surface area contributed by atoms with E-state index >= 15 is 0 Å². The smallest absolute Gasteiger partial charge is 0.337 e. The highest BCUT2D eigenvalue weighted by atomic mass is 16.5. The summed E-state index contributed by atoms with van der Waals surface area (Å²) in [7, 11) is 3.00. The third-order valence-corrected chi connectivity index (χ3v) is 5.80. The van der Waals surface area contributed by atoms with Crippen molar-refractivity contribution < 1.29 is 14.3 Å². The van der Waals surface area contributed by atoms with Crippen LogP contribution in [0.1, 0.15) is 45.9 Å². The normalized spacial score (nSPS) is 11.9. The van der Waals surface area contributed by atoms with Crippen LogP contribution in [0, 0.1) is 0 Å². The Balaban J connectivity index is 1.73. The van der Waals surface area contributed by atoms with Gasteiger partial charge >= 0.3 is 5.97 Å². The van der Waals surface area contributed by atoms with Crippen molar-refractivity contribution in [3.8, 4) is 5.75 Å². The maximum absolute atomic E-state index is 12.0. The van der Waals surface area contributed by atoms with Crippen LogP contribution in [-0.4, -0.2) is 30.2 Å². The lowest BCUT2D eigenvalue weighted by molar-refractivity contribution is 0.0600. The zero-order valence-corrected chi connectivity index (χ0v) is 18.3. The van der Waals surface area contributed by atoms with Gasteiger partial charge in [-0.2, -0.15) is 0 Å². The van der Waals surface area contributed by atoms with Gasteiger partial charge in [0.1, 0.15) is 5.75 Å². The number of pyridine rings is 1. The zero-order valence-electron chi connectivity index (χ0n) is 18.3. The minimum atomic E-state index is -0.388. The maximum Gasteiger partial charge on any atom is 0.337 e. The van der Waals surface area contributed by atoms with Gasteiger partial charge in [0.15, 0.2) is 0 Å². The number of aromatic nitrogens is 2. The molecular weight excluding hydrogens is 402 g/mol. The molecule has 0 saturated heterocycles. The molecule has 0 saturated carbocycles. The molecule has 6 heteroatoms. The van der Waals surface area contributed by atoms with E-state index in [0.29, 0.717) is 11.3 Å². The molecule has 4 rings (SSSR count). The number of aryl methyl sites for hydroxylation is 1. The van der Waals surface area contributed by atoms with Crippen LogP contribution in [0.5, 0.6) is 5.75 Å². The molecule has 4 aromatic rings. The average molecular weight is 430 g/mol. The highest BCUT2D eigenvalue weighted by molar-refractivity contribution is 5.90. The number of nitrogen functional groups attached to an aromatic ring is 1. The number of hydrogen-bond donors (Lipinski definition) is 2. The number of methoxy groups -OCH3 is 2. The molecule has 0 aliphatic rings. The molecule has 0 fully saturated rings. The first kappa shape index (κ1) is 21.4. The molecule has 0 bridgehead atoms. The first-order valence-corrected chi connectivity index (χ1v) is 10.6. The summed E-state index contributed by atoms with van der Waals surface area (Å²) in [6, 6.07) is 17.4. The summed E-state index contributed by atoms with van der Waals surface area (Å²) in [5.74, 6) is 0.325. The van der Waals surface area contributed by atoms with Crippen LogP contribution < -0.4 is 10.5 Å². The van der Waals surface area contributed by atoms with Crippen LogP contribution in [0.15, 0.2) is 67.0 Å². The van der Waals surface area contributed by atoms with Gasteiger partial charge in [0.25, 0.3) is 0 Å². The molecule has 0 radical (unpaired) electrons. The molecule has 2 aromatic heterocycles. The third-order valence-electron chi connectivity index (χ3n) is 5.80. The van der Waals surface area contributed by atoms with E-state index in [4.69, 9.17) is 15.2 Å². The van der Waals surface area contributed by atoms with E-state index in [0.717, 1.165) is 52.7 Å². The number of nitrogens with one attached hydrogen (secondary N) is 1. The quantitative estimate of drug-likeness (QED) is 0.301. The van der Waals surface area contributed by atoms with Crippen LogP contribution in [0.3, 0.4) is 0 Å². The van der Waals surface area contributed by atoms with Gasteiger partial charge in [0.2, 0.25) is 0 Å². The number of carbonyl (C=O) groups excluding carboxylic acids is 1. The van der Waals surface area contributed by atoms with Gasteiger partial charge in [-0.25, -0.2) is 4.79 Å². The molecule has 0 aliphatic carbocycles. The van der Waals surface area contributed by atoms with Gasteiger partial charge in [-0.3, -0.25) is 4.98 Å². The van der Waals surface area contributed by atoms with Gasteiger partial charge in [0.05, 0.1) is 19.8 Å². The highest BCUT2D eigenvalue weighted by Gasteiger charge is 2.23. The number of carbonyl (C=O) groups is 1. The highest BCUT2D eigenvalue weighted by Crippen LogP contribution is 2.39. The average Bonchev–Trinajstić information content (AvgIpc) is 3.24.